The van der Waals surface area contributed by atoms with E-state index in [1.807, 2.05) is 23.1 Å². The highest BCUT2D eigenvalue weighted by Gasteiger charge is 2.47. The Kier molecular flexibility index (Phi) is 4.62. The second-order valence-electron chi connectivity index (χ2n) is 8.41. The second kappa shape index (κ2) is 7.17. The Morgan fingerprint density at radius 3 is 2.59 bits per heavy atom. The van der Waals surface area contributed by atoms with E-state index in [2.05, 4.69) is 4.98 Å². The SMILES string of the molecule is O=C(CCN1C(=O)C2CCCCC2C1=O)N1CCc2[nH]c3ccc(Cl)cc3c2C1. The number of benzene rings is 1. The lowest BCUT2D eigenvalue weighted by atomic mass is 9.81. The van der Waals surface area contributed by atoms with Crippen molar-refractivity contribution >= 4 is 40.2 Å². The molecule has 0 radical (unpaired) electrons. The number of nitrogens with one attached hydrogen (secondary N) is 1. The number of amides is 3. The minimum Gasteiger partial charge on any atom is -0.358 e. The first kappa shape index (κ1) is 18.7. The maximum Gasteiger partial charge on any atom is 0.233 e. The number of rotatable bonds is 3. The number of hydrogen-bond acceptors (Lipinski definition) is 3. The van der Waals surface area contributed by atoms with Crippen molar-refractivity contribution in [1.82, 2.24) is 14.8 Å². The molecule has 2 unspecified atom stereocenters. The Balaban J connectivity index is 1.26. The molecule has 3 amide bonds. The van der Waals surface area contributed by atoms with Gasteiger partial charge in [-0.2, -0.15) is 0 Å². The molecular formula is C22H24ClN3O3. The van der Waals surface area contributed by atoms with Crippen LogP contribution in [0.15, 0.2) is 18.2 Å². The summed E-state index contributed by atoms with van der Waals surface area (Å²) in [6.07, 6.45) is 4.58. The lowest BCUT2D eigenvalue weighted by Gasteiger charge is -2.28. The van der Waals surface area contributed by atoms with E-state index in [-0.39, 0.29) is 42.5 Å². The van der Waals surface area contributed by atoms with E-state index in [0.29, 0.717) is 18.1 Å². The second-order valence-corrected chi connectivity index (χ2v) is 8.85. The van der Waals surface area contributed by atoms with Gasteiger partial charge in [0.25, 0.3) is 0 Å². The third-order valence-corrected chi connectivity index (χ3v) is 7.01. The molecule has 3 heterocycles. The Morgan fingerprint density at radius 2 is 1.86 bits per heavy atom. The van der Waals surface area contributed by atoms with E-state index in [9.17, 15) is 14.4 Å². The van der Waals surface area contributed by atoms with Crippen LogP contribution in [-0.4, -0.2) is 45.6 Å². The van der Waals surface area contributed by atoms with Crippen LogP contribution in [0.4, 0.5) is 0 Å². The molecule has 152 valence electrons. The summed E-state index contributed by atoms with van der Waals surface area (Å²) < 4.78 is 0. The predicted octanol–water partition coefficient (Wildman–Crippen LogP) is 3.27. The molecule has 1 aromatic carbocycles. The number of H-pyrrole nitrogens is 1. The smallest absolute Gasteiger partial charge is 0.233 e. The molecule has 2 aliphatic heterocycles. The van der Waals surface area contributed by atoms with Crippen molar-refractivity contribution in [1.29, 1.82) is 0 Å². The first-order chi connectivity index (χ1) is 14.0. The zero-order valence-corrected chi connectivity index (χ0v) is 17.0. The largest absolute Gasteiger partial charge is 0.358 e. The van der Waals surface area contributed by atoms with Crippen LogP contribution >= 0.6 is 11.6 Å². The van der Waals surface area contributed by atoms with Crippen LogP contribution in [0.5, 0.6) is 0 Å². The average Bonchev–Trinajstić information content (AvgIpc) is 3.21. The monoisotopic (exact) mass is 413 g/mol. The summed E-state index contributed by atoms with van der Waals surface area (Å²) >= 11 is 6.15. The molecule has 2 atom stereocenters. The minimum atomic E-state index is -0.153. The highest BCUT2D eigenvalue weighted by molar-refractivity contribution is 6.31. The van der Waals surface area contributed by atoms with E-state index in [1.54, 1.807) is 0 Å². The van der Waals surface area contributed by atoms with Crippen LogP contribution in [0.1, 0.15) is 43.4 Å². The Morgan fingerprint density at radius 1 is 1.14 bits per heavy atom. The van der Waals surface area contributed by atoms with Crippen molar-refractivity contribution < 1.29 is 14.4 Å². The summed E-state index contributed by atoms with van der Waals surface area (Å²) in [5.41, 5.74) is 3.30. The van der Waals surface area contributed by atoms with E-state index < -0.39 is 0 Å². The molecular weight excluding hydrogens is 390 g/mol. The van der Waals surface area contributed by atoms with Gasteiger partial charge in [-0.1, -0.05) is 24.4 Å². The summed E-state index contributed by atoms with van der Waals surface area (Å²) in [6, 6.07) is 5.76. The van der Waals surface area contributed by atoms with Crippen LogP contribution in [0.3, 0.4) is 0 Å². The number of hydrogen-bond donors (Lipinski definition) is 1. The van der Waals surface area contributed by atoms with Gasteiger partial charge in [0.2, 0.25) is 17.7 Å². The molecule has 1 saturated heterocycles. The summed E-state index contributed by atoms with van der Waals surface area (Å²) in [6.45, 7) is 1.37. The van der Waals surface area contributed by atoms with Crippen molar-refractivity contribution in [2.75, 3.05) is 13.1 Å². The van der Waals surface area contributed by atoms with Gasteiger partial charge >= 0.3 is 0 Å². The Bertz CT molecular complexity index is 990. The number of likely N-dealkylation sites (tertiary alicyclic amines) is 1. The molecule has 1 aromatic heterocycles. The number of fused-ring (bicyclic) bond motifs is 4. The minimum absolute atomic E-state index is 0.0116. The van der Waals surface area contributed by atoms with Gasteiger partial charge < -0.3 is 9.88 Å². The molecule has 5 rings (SSSR count). The summed E-state index contributed by atoms with van der Waals surface area (Å²) in [4.78, 5) is 44.7. The van der Waals surface area contributed by atoms with Gasteiger partial charge in [0.15, 0.2) is 0 Å². The number of carbonyl (C=O) groups is 3. The van der Waals surface area contributed by atoms with Gasteiger partial charge in [0.1, 0.15) is 0 Å². The highest BCUT2D eigenvalue weighted by atomic mass is 35.5. The third kappa shape index (κ3) is 3.14. The Hall–Kier alpha value is -2.34. The van der Waals surface area contributed by atoms with Crippen LogP contribution in [0.2, 0.25) is 5.02 Å². The number of aromatic nitrogens is 1. The van der Waals surface area contributed by atoms with E-state index in [0.717, 1.165) is 54.3 Å². The van der Waals surface area contributed by atoms with Crippen molar-refractivity contribution in [2.45, 2.75) is 45.1 Å². The zero-order chi connectivity index (χ0) is 20.1. The molecule has 1 aliphatic carbocycles. The number of nitrogens with zero attached hydrogens (tertiary/aromatic N) is 2. The molecule has 3 aliphatic rings. The lowest BCUT2D eigenvalue weighted by Crippen LogP contribution is -2.39. The quantitative estimate of drug-likeness (QED) is 0.785. The molecule has 0 bridgehead atoms. The summed E-state index contributed by atoms with van der Waals surface area (Å²) in [5, 5.41) is 1.73. The number of imide groups is 1. The van der Waals surface area contributed by atoms with E-state index in [1.165, 1.54) is 4.90 Å². The van der Waals surface area contributed by atoms with Crippen LogP contribution < -0.4 is 0 Å². The number of aromatic amines is 1. The zero-order valence-electron chi connectivity index (χ0n) is 16.2. The van der Waals surface area contributed by atoms with Gasteiger partial charge in [-0.05, 0) is 31.0 Å². The molecule has 0 spiro atoms. The van der Waals surface area contributed by atoms with Gasteiger partial charge in [0.05, 0.1) is 11.8 Å². The van der Waals surface area contributed by atoms with Gasteiger partial charge in [0, 0.05) is 59.7 Å². The fourth-order valence-corrected chi connectivity index (χ4v) is 5.39. The standard InChI is InChI=1S/C22H24ClN3O3/c23-13-5-6-18-16(11-13)17-12-25(9-7-19(17)24-18)20(27)8-10-26-21(28)14-3-1-2-4-15(14)22(26)29/h5-6,11,14-15,24H,1-4,7-10,12H2. The molecule has 2 fully saturated rings. The van der Waals surface area contributed by atoms with E-state index >= 15 is 0 Å². The average molecular weight is 414 g/mol. The van der Waals surface area contributed by atoms with Crippen molar-refractivity contribution in [3.63, 3.8) is 0 Å². The predicted molar refractivity (Wildman–Crippen MR) is 109 cm³/mol. The first-order valence-corrected chi connectivity index (χ1v) is 10.8. The fraction of sp³-hybridized carbons (Fsp3) is 0.500. The maximum absolute atomic E-state index is 12.9. The maximum atomic E-state index is 12.9. The van der Waals surface area contributed by atoms with Crippen molar-refractivity contribution in [3.05, 3.63) is 34.5 Å². The van der Waals surface area contributed by atoms with Crippen LogP contribution in [-0.2, 0) is 27.3 Å². The third-order valence-electron chi connectivity index (χ3n) is 6.77. The topological polar surface area (TPSA) is 73.5 Å². The van der Waals surface area contributed by atoms with Crippen LogP contribution in [0.25, 0.3) is 10.9 Å². The van der Waals surface area contributed by atoms with Gasteiger partial charge in [-0.3, -0.25) is 19.3 Å². The molecule has 1 N–H and O–H groups in total. The van der Waals surface area contributed by atoms with Gasteiger partial charge in [-0.15, -0.1) is 0 Å². The van der Waals surface area contributed by atoms with Crippen molar-refractivity contribution in [2.24, 2.45) is 11.8 Å². The van der Waals surface area contributed by atoms with E-state index in [4.69, 9.17) is 11.6 Å². The fourth-order valence-electron chi connectivity index (χ4n) is 5.22. The molecule has 29 heavy (non-hydrogen) atoms. The lowest BCUT2D eigenvalue weighted by molar-refractivity contribution is -0.141. The number of carbonyl (C=O) groups excluding carboxylic acids is 3. The molecule has 2 aromatic rings. The van der Waals surface area contributed by atoms with Gasteiger partial charge in [-0.25, -0.2) is 0 Å². The summed E-state index contributed by atoms with van der Waals surface area (Å²) in [7, 11) is 0. The molecule has 1 saturated carbocycles. The highest BCUT2D eigenvalue weighted by Crippen LogP contribution is 2.38. The molecule has 6 nitrogen and oxygen atoms in total. The Labute approximate surface area is 174 Å². The molecule has 7 heteroatoms. The van der Waals surface area contributed by atoms with Crippen LogP contribution in [0, 0.1) is 11.8 Å². The first-order valence-electron chi connectivity index (χ1n) is 10.4. The number of halogens is 1. The van der Waals surface area contributed by atoms with Crippen molar-refractivity contribution in [3.8, 4) is 0 Å². The summed E-state index contributed by atoms with van der Waals surface area (Å²) in [5.74, 6) is -0.457. The normalized spacial score (nSPS) is 24.2.